The van der Waals surface area contributed by atoms with Crippen LogP contribution in [0.1, 0.15) is 132 Å². The Labute approximate surface area is 292 Å². The Morgan fingerprint density at radius 1 is 0.404 bits per heavy atom. The minimum Gasteiger partial charge on any atom is -0.355 e. The Morgan fingerprint density at radius 3 is 1.23 bits per heavy atom. The Bertz CT molecular complexity index is 1660. The molecule has 0 radical (unpaired) electrons. The van der Waals surface area contributed by atoms with Crippen LogP contribution in [-0.4, -0.2) is 0 Å². The number of anilines is 5. The van der Waals surface area contributed by atoms with E-state index < -0.39 is 0 Å². The molecule has 2 nitrogen and oxygen atoms in total. The van der Waals surface area contributed by atoms with Gasteiger partial charge in [0.15, 0.2) is 0 Å². The molecule has 4 aromatic carbocycles. The maximum absolute atomic E-state index is 6.99. The van der Waals surface area contributed by atoms with Crippen LogP contribution in [0.5, 0.6) is 0 Å². The van der Waals surface area contributed by atoms with Crippen molar-refractivity contribution in [3.05, 3.63) is 112 Å². The monoisotopic (exact) mass is 650 g/mol. The van der Waals surface area contributed by atoms with E-state index in [0.29, 0.717) is 5.02 Å². The SMILES string of the molecule is CC(C)(C)c1cccc(N(c2cc(Cl)cc(Nc3cc(C(C)(C)C)cc(C(C)(C)C)c3)c2)c2cc(C(C)(C)C)cc(C(C)(C)C)c2)c1. The molecule has 4 rings (SSSR count). The lowest BCUT2D eigenvalue weighted by Gasteiger charge is -2.32. The first kappa shape index (κ1) is 36.6. The van der Waals surface area contributed by atoms with Crippen LogP contribution in [-0.2, 0) is 27.1 Å². The van der Waals surface area contributed by atoms with Crippen molar-refractivity contribution in [2.24, 2.45) is 0 Å². The van der Waals surface area contributed by atoms with Gasteiger partial charge < -0.3 is 10.2 Å². The zero-order valence-corrected chi connectivity index (χ0v) is 32.6. The van der Waals surface area contributed by atoms with Gasteiger partial charge in [-0.3, -0.25) is 0 Å². The fraction of sp³-hybridized carbons (Fsp3) is 0.455. The summed E-state index contributed by atoms with van der Waals surface area (Å²) in [7, 11) is 0. The maximum Gasteiger partial charge on any atom is 0.0497 e. The van der Waals surface area contributed by atoms with Crippen LogP contribution in [0.3, 0.4) is 0 Å². The van der Waals surface area contributed by atoms with Crippen LogP contribution in [0.2, 0.25) is 5.02 Å². The molecule has 0 fully saturated rings. The van der Waals surface area contributed by atoms with E-state index in [4.69, 9.17) is 11.6 Å². The molecule has 0 spiro atoms. The van der Waals surface area contributed by atoms with Crippen LogP contribution < -0.4 is 10.2 Å². The summed E-state index contributed by atoms with van der Waals surface area (Å²) < 4.78 is 0. The topological polar surface area (TPSA) is 15.3 Å². The minimum atomic E-state index is -0.0151. The van der Waals surface area contributed by atoms with Gasteiger partial charge in [0.25, 0.3) is 0 Å². The second kappa shape index (κ2) is 12.7. The lowest BCUT2D eigenvalue weighted by molar-refractivity contribution is 0.568. The molecule has 0 aromatic heterocycles. The highest BCUT2D eigenvalue weighted by Gasteiger charge is 2.25. The van der Waals surface area contributed by atoms with E-state index in [1.807, 2.05) is 6.07 Å². The quantitative estimate of drug-likeness (QED) is 0.231. The van der Waals surface area contributed by atoms with E-state index in [9.17, 15) is 0 Å². The van der Waals surface area contributed by atoms with Crippen molar-refractivity contribution in [3.8, 4) is 0 Å². The van der Waals surface area contributed by atoms with Gasteiger partial charge in [0, 0.05) is 33.5 Å². The highest BCUT2D eigenvalue weighted by Crippen LogP contribution is 2.43. The minimum absolute atomic E-state index is 0.00932. The number of nitrogens with one attached hydrogen (secondary N) is 1. The lowest BCUT2D eigenvalue weighted by atomic mass is 9.80. The number of halogens is 1. The van der Waals surface area contributed by atoms with E-state index in [2.05, 4.69) is 187 Å². The van der Waals surface area contributed by atoms with Gasteiger partial charge in [0.2, 0.25) is 0 Å². The molecule has 0 aliphatic heterocycles. The van der Waals surface area contributed by atoms with Crippen LogP contribution in [0.25, 0.3) is 0 Å². The first-order chi connectivity index (χ1) is 21.3. The van der Waals surface area contributed by atoms with Crippen molar-refractivity contribution in [2.75, 3.05) is 10.2 Å². The van der Waals surface area contributed by atoms with Gasteiger partial charge in [-0.25, -0.2) is 0 Å². The average Bonchev–Trinajstić information content (AvgIpc) is 2.90. The van der Waals surface area contributed by atoms with Gasteiger partial charge in [-0.15, -0.1) is 0 Å². The van der Waals surface area contributed by atoms with Crippen molar-refractivity contribution in [1.82, 2.24) is 0 Å². The summed E-state index contributed by atoms with van der Waals surface area (Å²) in [5, 5.41) is 4.45. The maximum atomic E-state index is 6.99. The van der Waals surface area contributed by atoms with Gasteiger partial charge in [-0.1, -0.05) is 140 Å². The van der Waals surface area contributed by atoms with E-state index in [-0.39, 0.29) is 27.1 Å². The predicted molar refractivity (Wildman–Crippen MR) is 209 cm³/mol. The van der Waals surface area contributed by atoms with E-state index in [1.165, 1.54) is 27.8 Å². The molecule has 0 saturated carbocycles. The third kappa shape index (κ3) is 9.02. The molecule has 47 heavy (non-hydrogen) atoms. The highest BCUT2D eigenvalue weighted by molar-refractivity contribution is 6.31. The second-order valence-corrected chi connectivity index (χ2v) is 19.0. The van der Waals surface area contributed by atoms with Gasteiger partial charge in [-0.05, 0) is 109 Å². The van der Waals surface area contributed by atoms with Crippen LogP contribution in [0, 0.1) is 0 Å². The van der Waals surface area contributed by atoms with Gasteiger partial charge in [-0.2, -0.15) is 0 Å². The van der Waals surface area contributed by atoms with E-state index >= 15 is 0 Å². The molecule has 0 aliphatic rings. The Kier molecular flexibility index (Phi) is 9.86. The number of nitrogens with zero attached hydrogens (tertiary/aromatic N) is 1. The van der Waals surface area contributed by atoms with Crippen molar-refractivity contribution in [2.45, 2.75) is 131 Å². The van der Waals surface area contributed by atoms with Crippen LogP contribution >= 0.6 is 11.6 Å². The molecule has 0 saturated heterocycles. The van der Waals surface area contributed by atoms with Gasteiger partial charge >= 0.3 is 0 Å². The molecule has 3 heteroatoms. The van der Waals surface area contributed by atoms with Crippen molar-refractivity contribution >= 4 is 40.0 Å². The van der Waals surface area contributed by atoms with Crippen molar-refractivity contribution in [3.63, 3.8) is 0 Å². The molecular weight excluding hydrogens is 592 g/mol. The van der Waals surface area contributed by atoms with Gasteiger partial charge in [0.1, 0.15) is 0 Å². The fourth-order valence-electron chi connectivity index (χ4n) is 5.67. The molecule has 252 valence electrons. The summed E-state index contributed by atoms with van der Waals surface area (Å²) in [4.78, 5) is 2.38. The summed E-state index contributed by atoms with van der Waals surface area (Å²) in [5.41, 5.74) is 11.8. The average molecular weight is 651 g/mol. The lowest BCUT2D eigenvalue weighted by Crippen LogP contribution is -2.19. The van der Waals surface area contributed by atoms with Crippen LogP contribution in [0.4, 0.5) is 28.4 Å². The molecule has 0 bridgehead atoms. The third-order valence-corrected chi connectivity index (χ3v) is 9.19. The van der Waals surface area contributed by atoms with Gasteiger partial charge in [0.05, 0.1) is 0 Å². The Morgan fingerprint density at radius 2 is 0.787 bits per heavy atom. The smallest absolute Gasteiger partial charge is 0.0497 e. The first-order valence-electron chi connectivity index (χ1n) is 17.1. The summed E-state index contributed by atoms with van der Waals surface area (Å²) in [6, 6.07) is 29.3. The molecular formula is C44H59ClN2. The van der Waals surface area contributed by atoms with Crippen molar-refractivity contribution in [1.29, 1.82) is 0 Å². The first-order valence-corrected chi connectivity index (χ1v) is 17.5. The standard InChI is InChI=1S/C44H59ClN2/c1-40(2,3)29-17-16-18-37(23-29)47(38-24-32(43(10,11)12)20-33(25-38)44(13,14)15)39-27-34(45)26-36(28-39)46-35-21-30(41(4,5)6)19-31(22-35)42(7,8)9/h16-28,46H,1-15H3. The third-order valence-electron chi connectivity index (χ3n) is 8.97. The molecule has 0 heterocycles. The predicted octanol–water partition coefficient (Wildman–Crippen LogP) is 14.0. The summed E-state index contributed by atoms with van der Waals surface area (Å²) in [6.45, 7) is 34.2. The summed E-state index contributed by atoms with van der Waals surface area (Å²) >= 11 is 6.99. The highest BCUT2D eigenvalue weighted by atomic mass is 35.5. The van der Waals surface area contributed by atoms with E-state index in [0.717, 1.165) is 28.4 Å². The van der Waals surface area contributed by atoms with Crippen LogP contribution in [0.15, 0.2) is 78.9 Å². The Balaban J connectivity index is 1.97. The number of hydrogen-bond donors (Lipinski definition) is 1. The zero-order valence-electron chi connectivity index (χ0n) is 31.8. The molecule has 0 amide bonds. The molecule has 4 aromatic rings. The number of hydrogen-bond acceptors (Lipinski definition) is 2. The molecule has 0 atom stereocenters. The van der Waals surface area contributed by atoms with Crippen molar-refractivity contribution < 1.29 is 0 Å². The largest absolute Gasteiger partial charge is 0.355 e. The zero-order chi connectivity index (χ0) is 35.3. The Hall–Kier alpha value is -3.23. The summed E-state index contributed by atoms with van der Waals surface area (Å²) in [5.74, 6) is 0. The molecule has 0 unspecified atom stereocenters. The normalized spacial score (nSPS) is 13.1. The number of rotatable bonds is 5. The molecule has 1 N–H and O–H groups in total. The number of benzene rings is 4. The molecule has 0 aliphatic carbocycles. The summed E-state index contributed by atoms with van der Waals surface area (Å²) in [6.07, 6.45) is 0. The fourth-order valence-corrected chi connectivity index (χ4v) is 5.90. The van der Waals surface area contributed by atoms with E-state index in [1.54, 1.807) is 0 Å². The second-order valence-electron chi connectivity index (χ2n) is 18.5.